The Balaban J connectivity index is 1.36. The van der Waals surface area contributed by atoms with Gasteiger partial charge in [-0.1, -0.05) is 97.1 Å². The van der Waals surface area contributed by atoms with Crippen molar-refractivity contribution in [3.05, 3.63) is 151 Å². The summed E-state index contributed by atoms with van der Waals surface area (Å²) in [4.78, 5) is 0. The highest BCUT2D eigenvalue weighted by Crippen LogP contribution is 2.40. The molecule has 6 aromatic carbocycles. The predicted molar refractivity (Wildman–Crippen MR) is 163 cm³/mol. The van der Waals surface area contributed by atoms with Gasteiger partial charge in [0.25, 0.3) is 0 Å². The topological polar surface area (TPSA) is 18.1 Å². The molecular formula is C37H25NO. The molecule has 0 N–H and O–H groups in total. The fourth-order valence-electron chi connectivity index (χ4n) is 6.05. The molecule has 0 spiro atoms. The number of aromatic nitrogens is 1. The quantitative estimate of drug-likeness (QED) is 0.236. The molecule has 0 aliphatic carbocycles. The smallest absolute Gasteiger partial charge is 0.136 e. The largest absolute Gasteiger partial charge is 0.456 e. The summed E-state index contributed by atoms with van der Waals surface area (Å²) in [5, 5.41) is 4.86. The SMILES string of the molecule is c1ccc(Cc2ccc3oc4cccc(-c5ccc6c7ccccc7n(-c7ccccc7)c6c5)c4c3c2)cc1. The van der Waals surface area contributed by atoms with Crippen molar-refractivity contribution < 1.29 is 4.42 Å². The summed E-state index contributed by atoms with van der Waals surface area (Å²) in [5.41, 5.74) is 10.4. The normalized spacial score (nSPS) is 11.7. The van der Waals surface area contributed by atoms with Crippen LogP contribution in [0.4, 0.5) is 0 Å². The maximum Gasteiger partial charge on any atom is 0.136 e. The van der Waals surface area contributed by atoms with Crippen molar-refractivity contribution in [2.24, 2.45) is 0 Å². The minimum absolute atomic E-state index is 0.898. The van der Waals surface area contributed by atoms with Crippen molar-refractivity contribution in [3.63, 3.8) is 0 Å². The molecule has 2 heterocycles. The molecule has 39 heavy (non-hydrogen) atoms. The zero-order valence-corrected chi connectivity index (χ0v) is 21.3. The second-order valence-electron chi connectivity index (χ2n) is 10.2. The van der Waals surface area contributed by atoms with E-state index in [1.54, 1.807) is 0 Å². The number of hydrogen-bond donors (Lipinski definition) is 0. The third-order valence-electron chi connectivity index (χ3n) is 7.81. The third-order valence-corrected chi connectivity index (χ3v) is 7.81. The number of benzene rings is 6. The lowest BCUT2D eigenvalue weighted by molar-refractivity contribution is 0.669. The van der Waals surface area contributed by atoms with E-state index in [1.807, 2.05) is 0 Å². The molecule has 0 bridgehead atoms. The summed E-state index contributed by atoms with van der Waals surface area (Å²) in [6.45, 7) is 0. The van der Waals surface area contributed by atoms with Crippen LogP contribution in [0.15, 0.2) is 144 Å². The van der Waals surface area contributed by atoms with E-state index in [4.69, 9.17) is 4.42 Å². The van der Waals surface area contributed by atoms with Gasteiger partial charge >= 0.3 is 0 Å². The van der Waals surface area contributed by atoms with E-state index in [0.717, 1.165) is 23.0 Å². The molecule has 2 nitrogen and oxygen atoms in total. The van der Waals surface area contributed by atoms with Gasteiger partial charge in [0.15, 0.2) is 0 Å². The van der Waals surface area contributed by atoms with Gasteiger partial charge in [0.05, 0.1) is 11.0 Å². The molecule has 8 aromatic rings. The van der Waals surface area contributed by atoms with E-state index in [-0.39, 0.29) is 0 Å². The maximum atomic E-state index is 6.34. The van der Waals surface area contributed by atoms with Gasteiger partial charge in [-0.05, 0) is 71.1 Å². The molecule has 2 heteroatoms. The van der Waals surface area contributed by atoms with Gasteiger partial charge in [-0.25, -0.2) is 0 Å². The molecular weight excluding hydrogens is 474 g/mol. The first-order valence-electron chi connectivity index (χ1n) is 13.4. The fourth-order valence-corrected chi connectivity index (χ4v) is 6.05. The highest BCUT2D eigenvalue weighted by atomic mass is 16.3. The second kappa shape index (κ2) is 8.75. The molecule has 0 amide bonds. The first-order chi connectivity index (χ1) is 19.3. The summed E-state index contributed by atoms with van der Waals surface area (Å²) < 4.78 is 8.72. The summed E-state index contributed by atoms with van der Waals surface area (Å²) >= 11 is 0. The van der Waals surface area contributed by atoms with Crippen LogP contribution in [-0.4, -0.2) is 4.57 Å². The Labute approximate surface area is 226 Å². The predicted octanol–water partition coefficient (Wildman–Crippen LogP) is 9.94. The second-order valence-corrected chi connectivity index (χ2v) is 10.2. The number of hydrogen-bond acceptors (Lipinski definition) is 1. The van der Waals surface area contributed by atoms with Gasteiger partial charge in [-0.15, -0.1) is 0 Å². The summed E-state index contributed by atoms with van der Waals surface area (Å²) in [6.07, 6.45) is 0.898. The molecule has 184 valence electrons. The minimum atomic E-state index is 0.898. The lowest BCUT2D eigenvalue weighted by Crippen LogP contribution is -1.93. The lowest BCUT2D eigenvalue weighted by Gasteiger charge is -2.09. The Morgan fingerprint density at radius 2 is 1.26 bits per heavy atom. The molecule has 8 rings (SSSR count). The fraction of sp³-hybridized carbons (Fsp3) is 0.0270. The van der Waals surface area contributed by atoms with Crippen LogP contribution >= 0.6 is 0 Å². The zero-order valence-electron chi connectivity index (χ0n) is 21.3. The molecule has 0 atom stereocenters. The van der Waals surface area contributed by atoms with Gasteiger partial charge in [0.2, 0.25) is 0 Å². The Hall–Kier alpha value is -5.08. The van der Waals surface area contributed by atoms with Crippen LogP contribution in [0.1, 0.15) is 11.1 Å². The van der Waals surface area contributed by atoms with Crippen LogP contribution in [0.3, 0.4) is 0 Å². The number of nitrogens with zero attached hydrogens (tertiary/aromatic N) is 1. The minimum Gasteiger partial charge on any atom is -0.456 e. The number of rotatable bonds is 4. The molecule has 0 aliphatic rings. The first-order valence-corrected chi connectivity index (χ1v) is 13.4. The Kier molecular flexibility index (Phi) is 4.92. The number of para-hydroxylation sites is 2. The van der Waals surface area contributed by atoms with E-state index >= 15 is 0 Å². The van der Waals surface area contributed by atoms with E-state index < -0.39 is 0 Å². The molecule has 2 aromatic heterocycles. The summed E-state index contributed by atoms with van der Waals surface area (Å²) in [6, 6.07) is 49.8. The number of furan rings is 1. The van der Waals surface area contributed by atoms with E-state index in [2.05, 4.69) is 144 Å². The van der Waals surface area contributed by atoms with Crippen LogP contribution in [0, 0.1) is 0 Å². The summed E-state index contributed by atoms with van der Waals surface area (Å²) in [7, 11) is 0. The van der Waals surface area contributed by atoms with Gasteiger partial charge in [-0.3, -0.25) is 0 Å². The van der Waals surface area contributed by atoms with E-state index in [9.17, 15) is 0 Å². The molecule has 0 radical (unpaired) electrons. The molecule has 0 fully saturated rings. The van der Waals surface area contributed by atoms with Crippen LogP contribution in [0.25, 0.3) is 60.6 Å². The van der Waals surface area contributed by atoms with Crippen LogP contribution in [0.2, 0.25) is 0 Å². The Bertz CT molecular complexity index is 2130. The van der Waals surface area contributed by atoms with Crippen molar-refractivity contribution >= 4 is 43.7 Å². The van der Waals surface area contributed by atoms with E-state index in [1.165, 1.54) is 55.1 Å². The highest BCUT2D eigenvalue weighted by Gasteiger charge is 2.16. The van der Waals surface area contributed by atoms with Gasteiger partial charge in [0, 0.05) is 27.2 Å². The number of fused-ring (bicyclic) bond motifs is 6. The average Bonchev–Trinajstić information content (AvgIpc) is 3.53. The molecule has 0 saturated heterocycles. The summed E-state index contributed by atoms with van der Waals surface area (Å²) in [5.74, 6) is 0. The van der Waals surface area contributed by atoms with Crippen molar-refractivity contribution in [3.8, 4) is 16.8 Å². The molecule has 0 aliphatic heterocycles. The first kappa shape index (κ1) is 22.0. The monoisotopic (exact) mass is 499 g/mol. The van der Waals surface area contributed by atoms with Crippen LogP contribution in [-0.2, 0) is 6.42 Å². The van der Waals surface area contributed by atoms with E-state index in [0.29, 0.717) is 0 Å². The average molecular weight is 500 g/mol. The zero-order chi connectivity index (χ0) is 25.8. The van der Waals surface area contributed by atoms with Crippen molar-refractivity contribution in [2.75, 3.05) is 0 Å². The van der Waals surface area contributed by atoms with Gasteiger partial charge in [-0.2, -0.15) is 0 Å². The van der Waals surface area contributed by atoms with Gasteiger partial charge < -0.3 is 8.98 Å². The lowest BCUT2D eigenvalue weighted by atomic mass is 9.97. The third kappa shape index (κ3) is 3.57. The molecule has 0 saturated carbocycles. The van der Waals surface area contributed by atoms with Crippen molar-refractivity contribution in [1.29, 1.82) is 0 Å². The molecule has 0 unspecified atom stereocenters. The standard InChI is InChI=1S/C37H25NO/c1-3-10-25(11-4-1)22-26-18-21-35-32(23-26)37-29(15-9-17-36(37)39-35)27-19-20-31-30-14-7-8-16-33(30)38(34(31)24-27)28-12-5-2-6-13-28/h1-21,23-24H,22H2. The van der Waals surface area contributed by atoms with Gasteiger partial charge in [0.1, 0.15) is 11.2 Å². The van der Waals surface area contributed by atoms with Crippen molar-refractivity contribution in [2.45, 2.75) is 6.42 Å². The maximum absolute atomic E-state index is 6.34. The Morgan fingerprint density at radius 1 is 0.487 bits per heavy atom. The van der Waals surface area contributed by atoms with Crippen LogP contribution in [0.5, 0.6) is 0 Å². The highest BCUT2D eigenvalue weighted by molar-refractivity contribution is 6.14. The van der Waals surface area contributed by atoms with Crippen LogP contribution < -0.4 is 0 Å². The van der Waals surface area contributed by atoms with Crippen molar-refractivity contribution in [1.82, 2.24) is 4.57 Å². The Morgan fingerprint density at radius 3 is 2.13 bits per heavy atom.